The van der Waals surface area contributed by atoms with Crippen LogP contribution in [0.5, 0.6) is 5.75 Å². The molecule has 0 unspecified atom stereocenters. The molecular weight excluding hydrogens is 235 g/mol. The van der Waals surface area contributed by atoms with E-state index in [-0.39, 0.29) is 5.82 Å². The molecule has 0 aliphatic carbocycles. The van der Waals surface area contributed by atoms with E-state index in [0.717, 1.165) is 5.69 Å². The molecule has 96 valence electrons. The summed E-state index contributed by atoms with van der Waals surface area (Å²) in [5, 5.41) is 7.29. The lowest BCUT2D eigenvalue weighted by Crippen LogP contribution is -2.03. The molecule has 1 aromatic heterocycles. The number of nitrogen functional groups attached to an aromatic ring is 1. The molecule has 2 rings (SSSR count). The highest BCUT2D eigenvalue weighted by Gasteiger charge is 2.12. The van der Waals surface area contributed by atoms with Gasteiger partial charge < -0.3 is 15.8 Å². The highest BCUT2D eigenvalue weighted by Crippen LogP contribution is 2.31. The van der Waals surface area contributed by atoms with E-state index in [1.54, 1.807) is 17.8 Å². The number of anilines is 3. The number of nitrogens with zero attached hydrogens (tertiary/aromatic N) is 2. The van der Waals surface area contributed by atoms with Crippen LogP contribution >= 0.6 is 0 Å². The fourth-order valence-electron chi connectivity index (χ4n) is 1.72. The van der Waals surface area contributed by atoms with Crippen molar-refractivity contribution in [3.05, 3.63) is 29.7 Å². The Balaban J connectivity index is 2.39. The Hall–Kier alpha value is -2.24. The fourth-order valence-corrected chi connectivity index (χ4v) is 1.72. The van der Waals surface area contributed by atoms with Gasteiger partial charge in [0, 0.05) is 13.1 Å². The van der Waals surface area contributed by atoms with Gasteiger partial charge in [-0.1, -0.05) is 0 Å². The molecule has 0 spiro atoms. The van der Waals surface area contributed by atoms with Gasteiger partial charge in [0.15, 0.2) is 5.82 Å². The van der Waals surface area contributed by atoms with E-state index in [9.17, 15) is 4.39 Å². The van der Waals surface area contributed by atoms with Gasteiger partial charge in [0.05, 0.1) is 24.2 Å². The zero-order valence-electron chi connectivity index (χ0n) is 10.5. The monoisotopic (exact) mass is 250 g/mol. The summed E-state index contributed by atoms with van der Waals surface area (Å²) in [5.41, 5.74) is 7.84. The highest BCUT2D eigenvalue weighted by atomic mass is 19.1. The molecule has 1 aromatic carbocycles. The minimum absolute atomic E-state index is 0.355. The third kappa shape index (κ3) is 2.09. The molecule has 0 bridgehead atoms. The SMILES string of the molecule is COc1cc(F)ccc1Nc1c(N)c(C)nn1C. The topological polar surface area (TPSA) is 65.1 Å². The molecule has 0 saturated carbocycles. The molecule has 6 heteroatoms. The number of ether oxygens (including phenoxy) is 1. The predicted octanol–water partition coefficient (Wildman–Crippen LogP) is 2.20. The molecule has 5 nitrogen and oxygen atoms in total. The molecule has 3 N–H and O–H groups in total. The maximum Gasteiger partial charge on any atom is 0.152 e. The highest BCUT2D eigenvalue weighted by molar-refractivity contribution is 5.73. The van der Waals surface area contributed by atoms with Crippen LogP contribution in [-0.2, 0) is 7.05 Å². The third-order valence-electron chi connectivity index (χ3n) is 2.69. The first-order valence-corrected chi connectivity index (χ1v) is 5.42. The Morgan fingerprint density at radius 1 is 1.44 bits per heavy atom. The number of rotatable bonds is 3. The minimum Gasteiger partial charge on any atom is -0.494 e. The standard InChI is InChI=1S/C12H15FN4O/c1-7-11(14)12(17(2)16-7)15-9-5-4-8(13)6-10(9)18-3/h4-6,15H,14H2,1-3H3. The summed E-state index contributed by atoms with van der Waals surface area (Å²) in [6, 6.07) is 4.25. The van der Waals surface area contributed by atoms with Crippen LogP contribution in [0.25, 0.3) is 0 Å². The third-order valence-corrected chi connectivity index (χ3v) is 2.69. The maximum absolute atomic E-state index is 13.1. The lowest BCUT2D eigenvalue weighted by molar-refractivity contribution is 0.413. The van der Waals surface area contributed by atoms with Crippen molar-refractivity contribution in [3.8, 4) is 5.75 Å². The van der Waals surface area contributed by atoms with Crippen LogP contribution in [0.2, 0.25) is 0 Å². The van der Waals surface area contributed by atoms with Gasteiger partial charge in [0.2, 0.25) is 0 Å². The van der Waals surface area contributed by atoms with Crippen molar-refractivity contribution in [2.24, 2.45) is 7.05 Å². The Morgan fingerprint density at radius 2 is 2.17 bits per heavy atom. The van der Waals surface area contributed by atoms with Crippen LogP contribution in [0, 0.1) is 12.7 Å². The largest absolute Gasteiger partial charge is 0.494 e. The molecule has 2 aromatic rings. The first kappa shape index (κ1) is 12.2. The van der Waals surface area contributed by atoms with Crippen LogP contribution < -0.4 is 15.8 Å². The number of methoxy groups -OCH3 is 1. The summed E-state index contributed by atoms with van der Waals surface area (Å²) in [5.74, 6) is 0.706. The predicted molar refractivity (Wildman–Crippen MR) is 68.6 cm³/mol. The average Bonchev–Trinajstić information content (AvgIpc) is 2.58. The number of aryl methyl sites for hydroxylation is 2. The molecule has 0 fully saturated rings. The molecule has 0 saturated heterocycles. The van der Waals surface area contributed by atoms with E-state index in [0.29, 0.717) is 22.9 Å². The number of aromatic nitrogens is 2. The van der Waals surface area contributed by atoms with E-state index in [4.69, 9.17) is 10.5 Å². The number of halogens is 1. The second kappa shape index (κ2) is 4.56. The second-order valence-corrected chi connectivity index (χ2v) is 3.94. The number of nitrogens with two attached hydrogens (primary N) is 1. The summed E-state index contributed by atoms with van der Waals surface area (Å²) in [6.07, 6.45) is 0. The van der Waals surface area contributed by atoms with Gasteiger partial charge in [-0.15, -0.1) is 0 Å². The second-order valence-electron chi connectivity index (χ2n) is 3.94. The molecular formula is C12H15FN4O. The van der Waals surface area contributed by atoms with Crippen LogP contribution in [0.15, 0.2) is 18.2 Å². The van der Waals surface area contributed by atoms with E-state index in [2.05, 4.69) is 10.4 Å². The Labute approximate surface area is 104 Å². The number of nitrogens with one attached hydrogen (secondary N) is 1. The van der Waals surface area contributed by atoms with Crippen molar-refractivity contribution in [1.29, 1.82) is 0 Å². The zero-order valence-corrected chi connectivity index (χ0v) is 10.5. The van der Waals surface area contributed by atoms with Crippen molar-refractivity contribution in [2.45, 2.75) is 6.92 Å². The lowest BCUT2D eigenvalue weighted by Gasteiger charge is -2.11. The summed E-state index contributed by atoms with van der Waals surface area (Å²) < 4.78 is 19.8. The first-order valence-electron chi connectivity index (χ1n) is 5.42. The number of benzene rings is 1. The molecule has 0 atom stereocenters. The van der Waals surface area contributed by atoms with Crippen LogP contribution in [0.4, 0.5) is 21.6 Å². The van der Waals surface area contributed by atoms with Crippen molar-refractivity contribution in [3.63, 3.8) is 0 Å². The van der Waals surface area contributed by atoms with E-state index >= 15 is 0 Å². The summed E-state index contributed by atoms with van der Waals surface area (Å²) in [6.45, 7) is 1.82. The first-order chi connectivity index (χ1) is 8.52. The number of hydrogen-bond acceptors (Lipinski definition) is 4. The Kier molecular flexibility index (Phi) is 3.10. The Bertz CT molecular complexity index is 580. The molecule has 0 radical (unpaired) electrons. The van der Waals surface area contributed by atoms with Gasteiger partial charge >= 0.3 is 0 Å². The average molecular weight is 250 g/mol. The summed E-state index contributed by atoms with van der Waals surface area (Å²) >= 11 is 0. The molecule has 18 heavy (non-hydrogen) atoms. The molecule has 0 aliphatic heterocycles. The summed E-state index contributed by atoms with van der Waals surface area (Å²) in [7, 11) is 3.26. The van der Waals surface area contributed by atoms with Gasteiger partial charge in [-0.05, 0) is 19.1 Å². The van der Waals surface area contributed by atoms with Crippen LogP contribution in [0.3, 0.4) is 0 Å². The maximum atomic E-state index is 13.1. The fraction of sp³-hybridized carbons (Fsp3) is 0.250. The van der Waals surface area contributed by atoms with Gasteiger partial charge in [-0.25, -0.2) is 4.39 Å². The van der Waals surface area contributed by atoms with Crippen molar-refractivity contribution in [2.75, 3.05) is 18.2 Å². The van der Waals surface area contributed by atoms with Gasteiger partial charge in [-0.2, -0.15) is 5.10 Å². The molecule has 0 aliphatic rings. The normalized spacial score (nSPS) is 10.4. The Morgan fingerprint density at radius 3 is 2.72 bits per heavy atom. The number of hydrogen-bond donors (Lipinski definition) is 2. The van der Waals surface area contributed by atoms with Crippen molar-refractivity contribution < 1.29 is 9.13 Å². The van der Waals surface area contributed by atoms with E-state index < -0.39 is 0 Å². The van der Waals surface area contributed by atoms with Gasteiger partial charge in [-0.3, -0.25) is 4.68 Å². The van der Waals surface area contributed by atoms with Gasteiger partial charge in [0.1, 0.15) is 11.6 Å². The van der Waals surface area contributed by atoms with Crippen molar-refractivity contribution >= 4 is 17.2 Å². The van der Waals surface area contributed by atoms with Crippen LogP contribution in [0.1, 0.15) is 5.69 Å². The van der Waals surface area contributed by atoms with Crippen molar-refractivity contribution in [1.82, 2.24) is 9.78 Å². The van der Waals surface area contributed by atoms with Gasteiger partial charge in [0.25, 0.3) is 0 Å². The molecule has 0 amide bonds. The summed E-state index contributed by atoms with van der Waals surface area (Å²) in [4.78, 5) is 0. The lowest BCUT2D eigenvalue weighted by atomic mass is 10.2. The van der Waals surface area contributed by atoms with E-state index in [1.807, 2.05) is 6.92 Å². The minimum atomic E-state index is -0.355. The molecule has 1 heterocycles. The smallest absolute Gasteiger partial charge is 0.152 e. The van der Waals surface area contributed by atoms with Crippen LogP contribution in [-0.4, -0.2) is 16.9 Å². The van der Waals surface area contributed by atoms with E-state index in [1.165, 1.54) is 19.2 Å². The zero-order chi connectivity index (χ0) is 13.3. The quantitative estimate of drug-likeness (QED) is 0.876.